The maximum atomic E-state index is 11.7. The predicted molar refractivity (Wildman–Crippen MR) is 200 cm³/mol. The van der Waals surface area contributed by atoms with E-state index in [0.29, 0.717) is 0 Å². The molecule has 0 bridgehead atoms. The van der Waals surface area contributed by atoms with Gasteiger partial charge in [-0.05, 0) is 72.9 Å². The number of aliphatic hydroxyl groups excluding tert-OH is 1. The average Bonchev–Trinajstić information content (AvgIpc) is 3.40. The molecule has 0 spiro atoms. The fraction of sp³-hybridized carbons (Fsp3) is 0.381. The second kappa shape index (κ2) is 15.9. The van der Waals surface area contributed by atoms with Crippen molar-refractivity contribution in [2.45, 2.75) is 93.4 Å². The number of ketones is 1. The van der Waals surface area contributed by atoms with E-state index >= 15 is 0 Å². The summed E-state index contributed by atoms with van der Waals surface area (Å²) < 4.78 is 4.66. The quantitative estimate of drug-likeness (QED) is 0.0733. The van der Waals surface area contributed by atoms with Gasteiger partial charge in [0.2, 0.25) is 0 Å². The number of aryl methyl sites for hydroxylation is 2. The standard InChI is InChI=1S/C29H28NS.C13H24O2.Ir/c1-17-12-13-22-23-14-15-30(7)26(28(23)31-27(22)18(17)2)24-16-25(29(4,5)6)21-11-9-8-10-20(21)19(24)3;1-5-10(6-2)12(14)9-13(15)11(7-3)8-4;/h8-16H,3,7H2,1-2,4-6H3;9-11,14H,5-8H2,1-4H3;/q-1;;/b;12-9-;. The zero-order chi connectivity index (χ0) is 33.9. The van der Waals surface area contributed by atoms with Crippen LogP contribution in [-0.4, -0.2) is 10.9 Å². The van der Waals surface area contributed by atoms with Crippen molar-refractivity contribution in [2.24, 2.45) is 11.8 Å². The number of hydrogen-bond donors (Lipinski definition) is 1. The van der Waals surface area contributed by atoms with Gasteiger partial charge in [0.15, 0.2) is 5.78 Å². The molecule has 0 unspecified atom stereocenters. The number of hydrogen-bond acceptors (Lipinski definition) is 3. The number of aromatic nitrogens is 1. The van der Waals surface area contributed by atoms with E-state index in [2.05, 4.69) is 103 Å². The van der Waals surface area contributed by atoms with Crippen molar-refractivity contribution in [2.75, 3.05) is 0 Å². The van der Waals surface area contributed by atoms with E-state index in [0.717, 1.165) is 36.9 Å². The summed E-state index contributed by atoms with van der Waals surface area (Å²) in [6.07, 6.45) is 6.99. The van der Waals surface area contributed by atoms with Gasteiger partial charge in [-0.1, -0.05) is 89.7 Å². The first kappa shape index (κ1) is 38.3. The number of thiophene rings is 1. The maximum absolute atomic E-state index is 11.7. The van der Waals surface area contributed by atoms with Gasteiger partial charge in [-0.15, -0.1) is 34.4 Å². The smallest absolute Gasteiger partial charge is 0.162 e. The van der Waals surface area contributed by atoms with Gasteiger partial charge in [0.25, 0.3) is 0 Å². The number of aliphatic hydroxyl groups is 1. The molecule has 0 saturated heterocycles. The van der Waals surface area contributed by atoms with Crippen molar-refractivity contribution >= 4 is 48.1 Å². The number of nitrogens with zero attached hydrogens (tertiary/aromatic N) is 1. The van der Waals surface area contributed by atoms with E-state index in [4.69, 9.17) is 0 Å². The van der Waals surface area contributed by atoms with Crippen LogP contribution in [0.2, 0.25) is 0 Å². The maximum Gasteiger partial charge on any atom is 0.162 e. The molecular weight excluding hydrogens is 775 g/mol. The Bertz CT molecular complexity index is 1900. The van der Waals surface area contributed by atoms with E-state index < -0.39 is 0 Å². The zero-order valence-corrected chi connectivity index (χ0v) is 32.9. The van der Waals surface area contributed by atoms with Crippen LogP contribution in [0, 0.1) is 39.7 Å². The summed E-state index contributed by atoms with van der Waals surface area (Å²) >= 11 is 1.88. The molecule has 0 amide bonds. The summed E-state index contributed by atoms with van der Waals surface area (Å²) in [5.41, 5.74) is 7.46. The second-order valence-electron chi connectivity index (χ2n) is 13.6. The summed E-state index contributed by atoms with van der Waals surface area (Å²) in [7, 11) is 4.37. The number of rotatable bonds is 8. The number of carbonyl (C=O) groups is 1. The molecular formula is C42H52IrNO2S-. The van der Waals surface area contributed by atoms with Gasteiger partial charge < -0.3 is 9.67 Å². The minimum atomic E-state index is 0. The third-order valence-corrected chi connectivity index (χ3v) is 11.0. The van der Waals surface area contributed by atoms with Crippen LogP contribution in [0.5, 0.6) is 0 Å². The zero-order valence-electron chi connectivity index (χ0n) is 29.7. The van der Waals surface area contributed by atoms with E-state index in [1.807, 2.05) is 43.6 Å². The molecule has 5 rings (SSSR count). The van der Waals surface area contributed by atoms with Crippen LogP contribution in [0.1, 0.15) is 96.4 Å². The first-order chi connectivity index (χ1) is 21.8. The van der Waals surface area contributed by atoms with Crippen LogP contribution in [0.3, 0.4) is 0 Å². The summed E-state index contributed by atoms with van der Waals surface area (Å²) in [4.78, 5) is 11.7. The number of benzene rings is 3. The minimum Gasteiger partial charge on any atom is -0.512 e. The molecule has 2 aromatic heterocycles. The molecule has 47 heavy (non-hydrogen) atoms. The van der Waals surface area contributed by atoms with Gasteiger partial charge in [0.1, 0.15) is 0 Å². The molecule has 0 atom stereocenters. The van der Waals surface area contributed by atoms with Crippen molar-refractivity contribution in [3.63, 3.8) is 0 Å². The molecule has 0 aliphatic carbocycles. The third-order valence-electron chi connectivity index (χ3n) is 9.64. The monoisotopic (exact) mass is 827 g/mol. The Labute approximate surface area is 300 Å². The summed E-state index contributed by atoms with van der Waals surface area (Å²) in [5, 5.41) is 14.9. The Balaban J connectivity index is 0.000000322. The normalized spacial score (nSPS) is 12.1. The van der Waals surface area contributed by atoms with Gasteiger partial charge >= 0.3 is 0 Å². The topological polar surface area (TPSA) is 41.2 Å². The van der Waals surface area contributed by atoms with Gasteiger partial charge in [-0.25, -0.2) is 0 Å². The van der Waals surface area contributed by atoms with Crippen LogP contribution in [0.15, 0.2) is 66.6 Å². The Morgan fingerprint density at radius 3 is 2.02 bits per heavy atom. The van der Waals surface area contributed by atoms with Crippen molar-refractivity contribution in [3.8, 4) is 11.3 Å². The van der Waals surface area contributed by atoms with Crippen molar-refractivity contribution in [3.05, 3.63) is 103 Å². The molecule has 5 aromatic rings. The predicted octanol–water partition coefficient (Wildman–Crippen LogP) is 11.8. The van der Waals surface area contributed by atoms with Crippen LogP contribution in [0.4, 0.5) is 0 Å². The van der Waals surface area contributed by atoms with Gasteiger partial charge in [0.05, 0.1) is 17.6 Å². The second-order valence-corrected chi connectivity index (χ2v) is 14.6. The van der Waals surface area contributed by atoms with Crippen LogP contribution < -0.4 is 4.57 Å². The van der Waals surface area contributed by atoms with Crippen molar-refractivity contribution in [1.29, 1.82) is 0 Å². The van der Waals surface area contributed by atoms with Gasteiger partial charge in [0, 0.05) is 54.5 Å². The van der Waals surface area contributed by atoms with E-state index in [1.54, 1.807) is 0 Å². The van der Waals surface area contributed by atoms with Crippen LogP contribution in [-0.2, 0) is 30.3 Å². The summed E-state index contributed by atoms with van der Waals surface area (Å²) in [6, 6.07) is 17.7. The summed E-state index contributed by atoms with van der Waals surface area (Å²) in [5.74, 6) is 0.547. The number of carbonyl (C=O) groups excluding carboxylic acids is 1. The van der Waals surface area contributed by atoms with Crippen molar-refractivity contribution in [1.82, 2.24) is 0 Å². The number of fused-ring (bicyclic) bond motifs is 4. The Morgan fingerprint density at radius 1 is 0.872 bits per heavy atom. The van der Waals surface area contributed by atoms with Crippen molar-refractivity contribution < 1.29 is 34.6 Å². The first-order valence-electron chi connectivity index (χ1n) is 16.8. The van der Waals surface area contributed by atoms with Gasteiger partial charge in [-0.2, -0.15) is 12.5 Å². The van der Waals surface area contributed by atoms with Crippen LogP contribution in [0.25, 0.3) is 42.2 Å². The fourth-order valence-electron chi connectivity index (χ4n) is 6.45. The number of allylic oxidation sites excluding steroid dienone is 2. The molecule has 0 aliphatic rings. The SMILES string of the molecule is CCC(CC)C(=O)/C=C(\O)C(CC)CC.[CH2-]c1c(-c2c3sc4c(C)c(C)ccc4c3cc[n+]2[CH2-])cc(C(C)(C)C)c2ccccc12.[Ir]. The Kier molecular flexibility index (Phi) is 12.9. The molecule has 3 aromatic carbocycles. The number of pyridine rings is 1. The molecule has 1 N–H and O–H groups in total. The molecule has 1 radical (unpaired) electrons. The van der Waals surface area contributed by atoms with Crippen LogP contribution >= 0.6 is 11.3 Å². The molecule has 2 heterocycles. The average molecular weight is 827 g/mol. The van der Waals surface area contributed by atoms with E-state index in [-0.39, 0.29) is 48.9 Å². The summed E-state index contributed by atoms with van der Waals surface area (Å²) in [6.45, 7) is 23.9. The van der Waals surface area contributed by atoms with Gasteiger partial charge in [-0.3, -0.25) is 4.79 Å². The molecule has 0 saturated carbocycles. The first-order valence-corrected chi connectivity index (χ1v) is 17.6. The molecule has 3 nitrogen and oxygen atoms in total. The Hall–Kier alpha value is -3.11. The van der Waals surface area contributed by atoms with E-state index in [1.165, 1.54) is 59.3 Å². The molecule has 0 aliphatic heterocycles. The van der Waals surface area contributed by atoms with E-state index in [9.17, 15) is 9.90 Å². The minimum absolute atomic E-state index is 0. The largest absolute Gasteiger partial charge is 0.512 e. The fourth-order valence-corrected chi connectivity index (χ4v) is 7.87. The molecule has 0 fully saturated rings. The third kappa shape index (κ3) is 7.80. The molecule has 253 valence electrons. The Morgan fingerprint density at radius 2 is 1.45 bits per heavy atom. The molecule has 5 heteroatoms.